The molecule has 0 aromatic carbocycles. The lowest BCUT2D eigenvalue weighted by molar-refractivity contribution is -0.0101. The SMILES string of the molecule is CCOC1CC(NCC(N)CCOC)C1. The summed E-state index contributed by atoms with van der Waals surface area (Å²) in [5.41, 5.74) is 5.91. The molecule has 4 nitrogen and oxygen atoms in total. The Balaban J connectivity index is 1.93. The number of nitrogens with one attached hydrogen (secondary N) is 1. The monoisotopic (exact) mass is 216 g/mol. The van der Waals surface area contributed by atoms with Gasteiger partial charge in [-0.15, -0.1) is 0 Å². The van der Waals surface area contributed by atoms with E-state index in [9.17, 15) is 0 Å². The number of hydrogen-bond acceptors (Lipinski definition) is 4. The molecule has 0 aromatic rings. The second-order valence-corrected chi connectivity index (χ2v) is 4.20. The summed E-state index contributed by atoms with van der Waals surface area (Å²) in [5, 5.41) is 3.46. The highest BCUT2D eigenvalue weighted by molar-refractivity contribution is 4.86. The van der Waals surface area contributed by atoms with E-state index in [0.29, 0.717) is 12.1 Å². The second-order valence-electron chi connectivity index (χ2n) is 4.20. The van der Waals surface area contributed by atoms with Crippen molar-refractivity contribution in [1.29, 1.82) is 0 Å². The van der Waals surface area contributed by atoms with Crippen molar-refractivity contribution >= 4 is 0 Å². The molecule has 0 bridgehead atoms. The van der Waals surface area contributed by atoms with Crippen molar-refractivity contribution in [2.45, 2.75) is 44.4 Å². The fraction of sp³-hybridized carbons (Fsp3) is 1.00. The van der Waals surface area contributed by atoms with Gasteiger partial charge in [0.2, 0.25) is 0 Å². The normalized spacial score (nSPS) is 27.4. The van der Waals surface area contributed by atoms with Crippen LogP contribution in [-0.2, 0) is 9.47 Å². The fourth-order valence-corrected chi connectivity index (χ4v) is 1.79. The molecule has 0 heterocycles. The largest absolute Gasteiger partial charge is 0.385 e. The third kappa shape index (κ3) is 4.93. The standard InChI is InChI=1S/C11H24N2O2/c1-3-15-11-6-10(7-11)13-8-9(12)4-5-14-2/h9-11,13H,3-8,12H2,1-2H3. The summed E-state index contributed by atoms with van der Waals surface area (Å²) >= 11 is 0. The van der Waals surface area contributed by atoms with E-state index in [1.165, 1.54) is 0 Å². The summed E-state index contributed by atoms with van der Waals surface area (Å²) in [5.74, 6) is 0. The first-order chi connectivity index (χ1) is 7.26. The average molecular weight is 216 g/mol. The van der Waals surface area contributed by atoms with Crippen LogP contribution in [0.25, 0.3) is 0 Å². The maximum atomic E-state index is 5.91. The molecular weight excluding hydrogens is 192 g/mol. The highest BCUT2D eigenvalue weighted by Gasteiger charge is 2.29. The van der Waals surface area contributed by atoms with E-state index in [4.69, 9.17) is 15.2 Å². The minimum absolute atomic E-state index is 0.205. The fourth-order valence-electron chi connectivity index (χ4n) is 1.79. The third-order valence-corrected chi connectivity index (χ3v) is 2.86. The van der Waals surface area contributed by atoms with Gasteiger partial charge in [0.25, 0.3) is 0 Å². The van der Waals surface area contributed by atoms with E-state index < -0.39 is 0 Å². The van der Waals surface area contributed by atoms with Gasteiger partial charge in [0.05, 0.1) is 6.10 Å². The Kier molecular flexibility index (Phi) is 6.17. The van der Waals surface area contributed by atoms with Crippen LogP contribution in [0.2, 0.25) is 0 Å². The molecular formula is C11H24N2O2. The van der Waals surface area contributed by atoms with E-state index in [1.807, 2.05) is 6.92 Å². The molecule has 1 unspecified atom stereocenters. The van der Waals surface area contributed by atoms with Gasteiger partial charge in [-0.05, 0) is 26.2 Å². The number of methoxy groups -OCH3 is 1. The zero-order valence-corrected chi connectivity index (χ0v) is 9.87. The Morgan fingerprint density at radius 2 is 2.20 bits per heavy atom. The first kappa shape index (κ1) is 12.9. The van der Waals surface area contributed by atoms with E-state index in [1.54, 1.807) is 7.11 Å². The molecule has 0 amide bonds. The molecule has 0 spiro atoms. The van der Waals surface area contributed by atoms with Gasteiger partial charge in [-0.1, -0.05) is 0 Å². The molecule has 1 saturated carbocycles. The maximum absolute atomic E-state index is 5.91. The van der Waals surface area contributed by atoms with Gasteiger partial charge in [0, 0.05) is 39.0 Å². The number of nitrogens with two attached hydrogens (primary N) is 1. The molecule has 1 aliphatic rings. The Hall–Kier alpha value is -0.160. The predicted octanol–water partition coefficient (Wildman–Crippen LogP) is 0.507. The Labute approximate surface area is 92.5 Å². The first-order valence-electron chi connectivity index (χ1n) is 5.85. The van der Waals surface area contributed by atoms with Crippen LogP contribution < -0.4 is 11.1 Å². The summed E-state index contributed by atoms with van der Waals surface area (Å²) in [6, 6.07) is 0.811. The van der Waals surface area contributed by atoms with Gasteiger partial charge in [-0.25, -0.2) is 0 Å². The van der Waals surface area contributed by atoms with Crippen LogP contribution in [0.1, 0.15) is 26.2 Å². The Morgan fingerprint density at radius 3 is 2.80 bits per heavy atom. The maximum Gasteiger partial charge on any atom is 0.0604 e. The van der Waals surface area contributed by atoms with Crippen LogP contribution in [0.5, 0.6) is 0 Å². The van der Waals surface area contributed by atoms with Crippen LogP contribution in [-0.4, -0.2) is 45.1 Å². The van der Waals surface area contributed by atoms with Gasteiger partial charge in [0.1, 0.15) is 0 Å². The topological polar surface area (TPSA) is 56.5 Å². The van der Waals surface area contributed by atoms with Crippen LogP contribution >= 0.6 is 0 Å². The summed E-state index contributed by atoms with van der Waals surface area (Å²) in [6.07, 6.45) is 3.66. The number of hydrogen-bond donors (Lipinski definition) is 2. The number of ether oxygens (including phenoxy) is 2. The van der Waals surface area contributed by atoms with Crippen molar-refractivity contribution in [1.82, 2.24) is 5.32 Å². The van der Waals surface area contributed by atoms with Crippen LogP contribution in [0.4, 0.5) is 0 Å². The zero-order chi connectivity index (χ0) is 11.1. The molecule has 0 aromatic heterocycles. The van der Waals surface area contributed by atoms with Gasteiger partial charge >= 0.3 is 0 Å². The summed E-state index contributed by atoms with van der Waals surface area (Å²) in [7, 11) is 1.71. The summed E-state index contributed by atoms with van der Waals surface area (Å²) in [6.45, 7) is 4.49. The van der Waals surface area contributed by atoms with E-state index in [0.717, 1.165) is 39.0 Å². The molecule has 1 rings (SSSR count). The van der Waals surface area contributed by atoms with Crippen molar-refractivity contribution in [2.24, 2.45) is 5.73 Å². The van der Waals surface area contributed by atoms with Gasteiger partial charge < -0.3 is 20.5 Å². The van der Waals surface area contributed by atoms with Gasteiger partial charge in [-0.3, -0.25) is 0 Å². The highest BCUT2D eigenvalue weighted by Crippen LogP contribution is 2.22. The molecule has 1 fully saturated rings. The van der Waals surface area contributed by atoms with Crippen LogP contribution in [0.3, 0.4) is 0 Å². The predicted molar refractivity (Wildman–Crippen MR) is 60.9 cm³/mol. The van der Waals surface area contributed by atoms with E-state index in [-0.39, 0.29) is 6.04 Å². The molecule has 1 aliphatic carbocycles. The zero-order valence-electron chi connectivity index (χ0n) is 9.87. The van der Waals surface area contributed by atoms with Crippen molar-refractivity contribution in [3.63, 3.8) is 0 Å². The van der Waals surface area contributed by atoms with Crippen LogP contribution in [0.15, 0.2) is 0 Å². The molecule has 0 saturated heterocycles. The highest BCUT2D eigenvalue weighted by atomic mass is 16.5. The van der Waals surface area contributed by atoms with Crippen molar-refractivity contribution < 1.29 is 9.47 Å². The van der Waals surface area contributed by atoms with Crippen molar-refractivity contribution in [3.8, 4) is 0 Å². The van der Waals surface area contributed by atoms with Gasteiger partial charge in [-0.2, -0.15) is 0 Å². The lowest BCUT2D eigenvalue weighted by Crippen LogP contribution is -2.49. The molecule has 0 radical (unpaired) electrons. The van der Waals surface area contributed by atoms with Crippen molar-refractivity contribution in [3.05, 3.63) is 0 Å². The Bertz CT molecular complexity index is 161. The minimum atomic E-state index is 0.205. The third-order valence-electron chi connectivity index (χ3n) is 2.86. The molecule has 15 heavy (non-hydrogen) atoms. The molecule has 90 valence electrons. The summed E-state index contributed by atoms with van der Waals surface area (Å²) < 4.78 is 10.5. The molecule has 3 N–H and O–H groups in total. The lowest BCUT2D eigenvalue weighted by Gasteiger charge is -2.36. The minimum Gasteiger partial charge on any atom is -0.385 e. The van der Waals surface area contributed by atoms with E-state index in [2.05, 4.69) is 5.32 Å². The molecule has 0 aliphatic heterocycles. The summed E-state index contributed by atoms with van der Waals surface area (Å²) in [4.78, 5) is 0. The first-order valence-corrected chi connectivity index (χ1v) is 5.85. The number of rotatable bonds is 8. The Morgan fingerprint density at radius 1 is 1.47 bits per heavy atom. The van der Waals surface area contributed by atoms with Crippen LogP contribution in [0, 0.1) is 0 Å². The lowest BCUT2D eigenvalue weighted by atomic mass is 9.89. The van der Waals surface area contributed by atoms with Gasteiger partial charge in [0.15, 0.2) is 0 Å². The average Bonchev–Trinajstić information content (AvgIpc) is 2.18. The van der Waals surface area contributed by atoms with Crippen molar-refractivity contribution in [2.75, 3.05) is 26.9 Å². The second kappa shape index (κ2) is 7.17. The molecule has 4 heteroatoms. The smallest absolute Gasteiger partial charge is 0.0604 e. The molecule has 1 atom stereocenters. The quantitative estimate of drug-likeness (QED) is 0.620. The van der Waals surface area contributed by atoms with E-state index >= 15 is 0 Å².